The predicted molar refractivity (Wildman–Crippen MR) is 57.4 cm³/mol. The summed E-state index contributed by atoms with van der Waals surface area (Å²) in [6.45, 7) is 4.14. The van der Waals surface area contributed by atoms with E-state index < -0.39 is 5.97 Å². The van der Waals surface area contributed by atoms with Crippen molar-refractivity contribution in [3.05, 3.63) is 0 Å². The van der Waals surface area contributed by atoms with Crippen LogP contribution in [0.25, 0.3) is 0 Å². The van der Waals surface area contributed by atoms with Gasteiger partial charge >= 0.3 is 5.97 Å². The molecule has 1 N–H and O–H groups in total. The van der Waals surface area contributed by atoms with Gasteiger partial charge < -0.3 is 14.6 Å². The maximum atomic E-state index is 11.4. The number of carboxylic acid groups (broad SMARTS) is 1. The van der Waals surface area contributed by atoms with Gasteiger partial charge in [-0.2, -0.15) is 0 Å². The maximum absolute atomic E-state index is 11.4. The first kappa shape index (κ1) is 11.8. The molecule has 0 spiro atoms. The Labute approximate surface area is 95.3 Å². The SMILES string of the molecule is O=C(O)C(C1CCOCC1)N1CCOCC1. The molecule has 5 nitrogen and oxygen atoms in total. The van der Waals surface area contributed by atoms with E-state index in [9.17, 15) is 9.90 Å². The number of hydrogen-bond donors (Lipinski definition) is 1. The van der Waals surface area contributed by atoms with Crippen molar-refractivity contribution in [1.29, 1.82) is 0 Å². The summed E-state index contributed by atoms with van der Waals surface area (Å²) in [6.07, 6.45) is 1.71. The summed E-state index contributed by atoms with van der Waals surface area (Å²) in [7, 11) is 0. The van der Waals surface area contributed by atoms with Crippen LogP contribution in [0.1, 0.15) is 12.8 Å². The summed E-state index contributed by atoms with van der Waals surface area (Å²) >= 11 is 0. The van der Waals surface area contributed by atoms with Gasteiger partial charge in [0.25, 0.3) is 0 Å². The van der Waals surface area contributed by atoms with E-state index in [-0.39, 0.29) is 12.0 Å². The van der Waals surface area contributed by atoms with Gasteiger partial charge in [-0.1, -0.05) is 0 Å². The van der Waals surface area contributed by atoms with Crippen molar-refractivity contribution in [2.75, 3.05) is 39.5 Å². The first-order valence-corrected chi connectivity index (χ1v) is 5.91. The van der Waals surface area contributed by atoms with Gasteiger partial charge in [0.15, 0.2) is 0 Å². The van der Waals surface area contributed by atoms with E-state index in [0.717, 1.165) is 25.9 Å². The zero-order chi connectivity index (χ0) is 11.4. The Kier molecular flexibility index (Phi) is 4.15. The van der Waals surface area contributed by atoms with Crippen molar-refractivity contribution in [1.82, 2.24) is 4.90 Å². The molecule has 2 aliphatic heterocycles. The second-order valence-corrected chi connectivity index (χ2v) is 4.38. The van der Waals surface area contributed by atoms with Gasteiger partial charge in [-0.05, 0) is 18.8 Å². The molecule has 2 heterocycles. The van der Waals surface area contributed by atoms with Crippen molar-refractivity contribution >= 4 is 5.97 Å². The molecule has 16 heavy (non-hydrogen) atoms. The standard InChI is InChI=1S/C11H19NO4/c13-11(14)10(9-1-5-15-6-2-9)12-3-7-16-8-4-12/h9-10H,1-8H2,(H,13,14). The molecule has 92 valence electrons. The average Bonchev–Trinajstić information content (AvgIpc) is 2.31. The van der Waals surface area contributed by atoms with Crippen molar-refractivity contribution in [3.8, 4) is 0 Å². The number of ether oxygens (including phenoxy) is 2. The van der Waals surface area contributed by atoms with Gasteiger partial charge in [-0.15, -0.1) is 0 Å². The molecule has 0 aromatic heterocycles. The third-order valence-electron chi connectivity index (χ3n) is 3.40. The highest BCUT2D eigenvalue weighted by molar-refractivity contribution is 5.74. The molecule has 2 saturated heterocycles. The van der Waals surface area contributed by atoms with Crippen LogP contribution < -0.4 is 0 Å². The fourth-order valence-corrected chi connectivity index (χ4v) is 2.54. The Hall–Kier alpha value is -0.650. The summed E-state index contributed by atoms with van der Waals surface area (Å²) in [6, 6.07) is -0.354. The monoisotopic (exact) mass is 229 g/mol. The Morgan fingerprint density at radius 2 is 1.69 bits per heavy atom. The lowest BCUT2D eigenvalue weighted by Crippen LogP contribution is -2.52. The van der Waals surface area contributed by atoms with Crippen molar-refractivity contribution in [2.45, 2.75) is 18.9 Å². The molecule has 0 bridgehead atoms. The van der Waals surface area contributed by atoms with Crippen molar-refractivity contribution in [3.63, 3.8) is 0 Å². The molecular weight excluding hydrogens is 210 g/mol. The Balaban J connectivity index is 1.99. The molecule has 0 radical (unpaired) electrons. The van der Waals surface area contributed by atoms with Crippen molar-refractivity contribution in [2.24, 2.45) is 5.92 Å². The predicted octanol–water partition coefficient (Wildman–Crippen LogP) is 0.198. The normalized spacial score (nSPS) is 26.5. The molecule has 0 aliphatic carbocycles. The molecule has 2 fully saturated rings. The van der Waals surface area contributed by atoms with Crippen LogP contribution in [0.3, 0.4) is 0 Å². The van der Waals surface area contributed by atoms with Crippen LogP contribution in [0.4, 0.5) is 0 Å². The van der Waals surface area contributed by atoms with Crippen LogP contribution in [-0.2, 0) is 14.3 Å². The van der Waals surface area contributed by atoms with E-state index in [4.69, 9.17) is 9.47 Å². The number of morpholine rings is 1. The molecule has 1 unspecified atom stereocenters. The topological polar surface area (TPSA) is 59.0 Å². The van der Waals surface area contributed by atoms with Gasteiger partial charge in [0, 0.05) is 26.3 Å². The van der Waals surface area contributed by atoms with E-state index in [0.29, 0.717) is 26.4 Å². The molecule has 0 aromatic rings. The minimum Gasteiger partial charge on any atom is -0.480 e. The smallest absolute Gasteiger partial charge is 0.321 e. The fourth-order valence-electron chi connectivity index (χ4n) is 2.54. The summed E-state index contributed by atoms with van der Waals surface area (Å²) in [5.74, 6) is -0.474. The van der Waals surface area contributed by atoms with Gasteiger partial charge in [0.05, 0.1) is 13.2 Å². The zero-order valence-corrected chi connectivity index (χ0v) is 9.43. The summed E-state index contributed by atoms with van der Waals surface area (Å²) in [5.41, 5.74) is 0. The average molecular weight is 229 g/mol. The van der Waals surface area contributed by atoms with Crippen LogP contribution in [-0.4, -0.2) is 61.5 Å². The van der Waals surface area contributed by atoms with E-state index in [1.165, 1.54) is 0 Å². The lowest BCUT2D eigenvalue weighted by Gasteiger charge is -2.37. The minimum absolute atomic E-state index is 0.226. The van der Waals surface area contributed by atoms with Crippen LogP contribution >= 0.6 is 0 Å². The number of carbonyl (C=O) groups is 1. The first-order valence-electron chi connectivity index (χ1n) is 5.91. The third kappa shape index (κ3) is 2.72. The van der Waals surface area contributed by atoms with Crippen LogP contribution in [0.2, 0.25) is 0 Å². The van der Waals surface area contributed by atoms with E-state index in [1.807, 2.05) is 4.90 Å². The van der Waals surface area contributed by atoms with E-state index in [1.54, 1.807) is 0 Å². The molecule has 0 amide bonds. The van der Waals surface area contributed by atoms with E-state index in [2.05, 4.69) is 0 Å². The molecule has 0 saturated carbocycles. The first-order chi connectivity index (χ1) is 7.79. The van der Waals surface area contributed by atoms with Gasteiger partial charge in [-0.25, -0.2) is 0 Å². The molecule has 1 atom stereocenters. The quantitative estimate of drug-likeness (QED) is 0.749. The van der Waals surface area contributed by atoms with Crippen LogP contribution in [0, 0.1) is 5.92 Å². The second kappa shape index (κ2) is 5.61. The molecule has 2 aliphatic rings. The zero-order valence-electron chi connectivity index (χ0n) is 9.43. The number of rotatable bonds is 3. The van der Waals surface area contributed by atoms with Crippen molar-refractivity contribution < 1.29 is 19.4 Å². The second-order valence-electron chi connectivity index (χ2n) is 4.38. The number of carboxylic acids is 1. The van der Waals surface area contributed by atoms with E-state index >= 15 is 0 Å². The molecule has 5 heteroatoms. The molecule has 2 rings (SSSR count). The van der Waals surface area contributed by atoms with Gasteiger partial charge in [0.2, 0.25) is 0 Å². The highest BCUT2D eigenvalue weighted by Gasteiger charge is 2.35. The molecular formula is C11H19NO4. The van der Waals surface area contributed by atoms with Crippen LogP contribution in [0.15, 0.2) is 0 Å². The fraction of sp³-hybridized carbons (Fsp3) is 0.909. The number of aliphatic carboxylic acids is 1. The van der Waals surface area contributed by atoms with Gasteiger partial charge in [0.1, 0.15) is 6.04 Å². The summed E-state index contributed by atoms with van der Waals surface area (Å²) in [4.78, 5) is 13.4. The summed E-state index contributed by atoms with van der Waals surface area (Å²) < 4.78 is 10.5. The number of nitrogens with zero attached hydrogens (tertiary/aromatic N) is 1. The number of hydrogen-bond acceptors (Lipinski definition) is 4. The minimum atomic E-state index is -0.700. The highest BCUT2D eigenvalue weighted by Crippen LogP contribution is 2.23. The highest BCUT2D eigenvalue weighted by atomic mass is 16.5. The maximum Gasteiger partial charge on any atom is 0.321 e. The Bertz CT molecular complexity index is 216. The Morgan fingerprint density at radius 3 is 2.25 bits per heavy atom. The summed E-state index contributed by atoms with van der Waals surface area (Å²) in [5, 5.41) is 9.35. The molecule has 0 aromatic carbocycles. The van der Waals surface area contributed by atoms with Gasteiger partial charge in [-0.3, -0.25) is 9.69 Å². The Morgan fingerprint density at radius 1 is 1.12 bits per heavy atom. The third-order valence-corrected chi connectivity index (χ3v) is 3.40. The van der Waals surface area contributed by atoms with Crippen LogP contribution in [0.5, 0.6) is 0 Å². The lowest BCUT2D eigenvalue weighted by molar-refractivity contribution is -0.149. The largest absolute Gasteiger partial charge is 0.480 e. The lowest BCUT2D eigenvalue weighted by atomic mass is 9.90.